The number of H-pyrrole nitrogens is 3. The van der Waals surface area contributed by atoms with Crippen LogP contribution in [0.4, 0.5) is 0 Å². The van der Waals surface area contributed by atoms with Gasteiger partial charge in [0.2, 0.25) is 0 Å². The molecule has 3 saturated heterocycles. The van der Waals surface area contributed by atoms with Crippen molar-refractivity contribution >= 4 is 77.3 Å². The number of benzene rings is 3. The molecule has 6 aromatic rings. The molecule has 0 bridgehead atoms. The molecule has 3 aliphatic heterocycles. The number of para-hydroxylation sites is 3. The van der Waals surface area contributed by atoms with Gasteiger partial charge in [-0.15, -0.1) is 0 Å². The van der Waals surface area contributed by atoms with Crippen LogP contribution in [0.3, 0.4) is 0 Å². The molecule has 0 aliphatic carbocycles. The number of nitrogens with zero attached hydrogens (tertiary/aromatic N) is 3. The molecule has 18 atom stereocenters. The standard InChI is InChI=1S/3C23H31N2O9PS/c3*1-13(2)32-22(29)15(4)12-35(30,34-16-8-6-5-7-9-16)31-11-17-18(26)19(27)21(33-17)25-10-14(3)20(28)24-23(25)36/h3*5-10,13,15,17-19,21,26-27H,11-12H2,1-4H3,(H,24,28,36)/t15-,17+,18?,19-,21+,35?;15-,17+,18?,19-,21+,35+;15-,17+,18?,19-,21+,35-/m111/s1/i3*11D2. The fourth-order valence-corrected chi connectivity index (χ4v) is 16.1. The summed E-state index contributed by atoms with van der Waals surface area (Å²) in [4.78, 5) is 79.9. The SMILES string of the molecule is [2H]C([2H])(OP(=O)(C[C@@H](C)C(=O)OC(C)C)Oc1ccccc1)[C@@H]1O[C@H](n2cc(C)c(=O)[nH]c2=S)[C@H](O)C1O.[2H]C([2H])(O[P@@](=O)(C[C@@H](C)C(=O)OC(C)C)Oc1ccccc1)[C@@H]1O[C@H](n2cc(C)c(=O)[nH]c2=S)[C@H](O)C1O.[2H]C([2H])(O[P@](=O)(C[C@@H](C)C(=O)OC(C)C)Oc1ccccc1)[C@@H]1O[C@H](n2cc(C)c(=O)[nH]c2=S)[C@H](O)C1O. The van der Waals surface area contributed by atoms with Crippen LogP contribution in [0.25, 0.3) is 0 Å². The van der Waals surface area contributed by atoms with E-state index in [0.29, 0.717) is 0 Å². The monoisotopic (exact) mass is 1630 g/mol. The number of aryl methyl sites for hydroxylation is 3. The van der Waals surface area contributed by atoms with Crippen LogP contribution in [0, 0.1) is 52.8 Å². The number of carbonyl (C=O) groups is 3. The molecule has 3 aromatic heterocycles. The van der Waals surface area contributed by atoms with E-state index in [0.717, 1.165) is 0 Å². The van der Waals surface area contributed by atoms with E-state index in [9.17, 15) is 73.1 Å². The molecule has 0 radical (unpaired) electrons. The molecule has 9 rings (SSSR count). The Balaban J connectivity index is 0.000000237. The molecule has 3 aromatic carbocycles. The number of aliphatic hydroxyl groups excluding tert-OH is 6. The molecule has 33 nitrogen and oxygen atoms in total. The van der Waals surface area contributed by atoms with Crippen molar-refractivity contribution in [2.24, 2.45) is 17.8 Å². The first-order valence-corrected chi connectivity index (χ1v) is 40.1. The number of aromatic nitrogens is 6. The highest BCUT2D eigenvalue weighted by atomic mass is 32.1. The number of hydrogen-bond donors (Lipinski definition) is 9. The van der Waals surface area contributed by atoms with Crippen molar-refractivity contribution in [3.05, 3.63) is 172 Å². The Morgan fingerprint density at radius 2 is 0.648 bits per heavy atom. The largest absolute Gasteiger partial charge is 0.463 e. The summed E-state index contributed by atoms with van der Waals surface area (Å²) in [5.41, 5.74) is -0.685. The summed E-state index contributed by atoms with van der Waals surface area (Å²) in [6.45, 7) is 9.72. The van der Waals surface area contributed by atoms with Gasteiger partial charge in [-0.05, 0) is 135 Å². The van der Waals surface area contributed by atoms with E-state index >= 15 is 0 Å². The van der Waals surface area contributed by atoms with E-state index in [1.165, 1.54) is 110 Å². The normalized spacial score (nSPS) is 25.5. The zero-order chi connectivity index (χ0) is 85.2. The maximum absolute atomic E-state index is 13.9. The van der Waals surface area contributed by atoms with Crippen LogP contribution in [0.5, 0.6) is 17.2 Å². The van der Waals surface area contributed by atoms with Gasteiger partial charge >= 0.3 is 40.7 Å². The lowest BCUT2D eigenvalue weighted by Crippen LogP contribution is -2.34. The number of rotatable bonds is 30. The van der Waals surface area contributed by atoms with Crippen LogP contribution in [0.2, 0.25) is 0 Å². The lowest BCUT2D eigenvalue weighted by atomic mass is 10.1. The van der Waals surface area contributed by atoms with Gasteiger partial charge in [-0.25, -0.2) is 13.7 Å². The highest BCUT2D eigenvalue weighted by Crippen LogP contribution is 2.53. The summed E-state index contributed by atoms with van der Waals surface area (Å²) in [5, 5.41) is 64.0. The molecule has 3 fully saturated rings. The van der Waals surface area contributed by atoms with E-state index < -0.39 is 205 Å². The number of esters is 3. The molecular formula is C69H93N6O27P3S3. The Kier molecular flexibility index (Phi) is 28.7. The minimum absolute atomic E-state index is 0.0943. The zero-order valence-electron chi connectivity index (χ0n) is 66.6. The van der Waals surface area contributed by atoms with Crippen LogP contribution in [-0.4, -0.2) is 189 Å². The quantitative estimate of drug-likeness (QED) is 0.00889. The Morgan fingerprint density at radius 3 is 0.861 bits per heavy atom. The van der Waals surface area contributed by atoms with E-state index in [4.69, 9.17) is 100 Å². The smallest absolute Gasteiger partial charge is 0.380 e. The fraction of sp³-hybridized carbons (Fsp3) is 0.522. The van der Waals surface area contributed by atoms with Crippen LogP contribution < -0.4 is 30.2 Å². The Bertz CT molecular complexity index is 4380. The molecule has 594 valence electrons. The predicted molar refractivity (Wildman–Crippen MR) is 397 cm³/mol. The van der Waals surface area contributed by atoms with E-state index in [-0.39, 0.29) is 48.3 Å². The van der Waals surface area contributed by atoms with Gasteiger partial charge in [0.15, 0.2) is 33.0 Å². The average Bonchev–Trinajstić information content (AvgIpc) is 1.69. The van der Waals surface area contributed by atoms with Gasteiger partial charge in [0.05, 0.1) is 82.5 Å². The summed E-state index contributed by atoms with van der Waals surface area (Å²) >= 11 is 15.4. The second-order valence-electron chi connectivity index (χ2n) is 26.1. The van der Waals surface area contributed by atoms with Gasteiger partial charge in [0.25, 0.3) is 16.7 Å². The molecule has 9 N–H and O–H groups in total. The third-order valence-electron chi connectivity index (χ3n) is 15.6. The van der Waals surface area contributed by atoms with Gasteiger partial charge in [0, 0.05) is 35.3 Å². The topological polar surface area (TPSA) is 448 Å². The first-order chi connectivity index (χ1) is 52.9. The summed E-state index contributed by atoms with van der Waals surface area (Å²) in [5.74, 6) is -4.77. The molecule has 0 spiro atoms. The van der Waals surface area contributed by atoms with Gasteiger partial charge in [-0.2, -0.15) is 0 Å². The maximum Gasteiger partial charge on any atom is 0.380 e. The molecule has 108 heavy (non-hydrogen) atoms. The lowest BCUT2D eigenvalue weighted by molar-refractivity contribution is -0.152. The first kappa shape index (κ1) is 79.1. The summed E-state index contributed by atoms with van der Waals surface area (Å²) in [6.07, 6.45) is -19.4. The Hall–Kier alpha value is -7.02. The zero-order valence-corrected chi connectivity index (χ0v) is 65.7. The highest BCUT2D eigenvalue weighted by Gasteiger charge is 2.49. The number of aliphatic hydroxyl groups is 6. The molecule has 39 heteroatoms. The van der Waals surface area contributed by atoms with Crippen molar-refractivity contribution in [3.8, 4) is 17.2 Å². The first-order valence-electron chi connectivity index (χ1n) is 36.7. The molecule has 3 aliphatic rings. The van der Waals surface area contributed by atoms with Gasteiger partial charge in [-0.1, -0.05) is 75.4 Å². The van der Waals surface area contributed by atoms with Crippen molar-refractivity contribution in [1.82, 2.24) is 28.7 Å². The minimum atomic E-state index is -4.45. The van der Waals surface area contributed by atoms with Gasteiger partial charge in [0.1, 0.15) is 72.2 Å². The van der Waals surface area contributed by atoms with Crippen LogP contribution in [0.15, 0.2) is 124 Å². The number of nitrogens with one attached hydrogen (secondary N) is 3. The summed E-state index contributed by atoms with van der Waals surface area (Å²) in [7, 11) is -13.4. The van der Waals surface area contributed by atoms with Crippen molar-refractivity contribution in [2.75, 3.05) is 38.2 Å². The third-order valence-corrected chi connectivity index (χ3v) is 22.2. The molecule has 0 saturated carbocycles. The third kappa shape index (κ3) is 24.5. The minimum Gasteiger partial charge on any atom is -0.463 e. The van der Waals surface area contributed by atoms with Crippen molar-refractivity contribution in [3.63, 3.8) is 0 Å². The number of ether oxygens (including phenoxy) is 6. The molecular weight excluding hydrogens is 1530 g/mol. The maximum atomic E-state index is 13.9. The Morgan fingerprint density at radius 1 is 0.426 bits per heavy atom. The van der Waals surface area contributed by atoms with Crippen molar-refractivity contribution in [2.45, 2.75) is 175 Å². The van der Waals surface area contributed by atoms with E-state index in [1.807, 2.05) is 0 Å². The van der Waals surface area contributed by atoms with Crippen molar-refractivity contribution < 1.29 is 123 Å². The summed E-state index contributed by atoms with van der Waals surface area (Å²) in [6, 6.07) is 23.5. The Labute approximate surface area is 645 Å². The second kappa shape index (κ2) is 39.2. The van der Waals surface area contributed by atoms with E-state index in [1.54, 1.807) is 96.1 Å². The summed E-state index contributed by atoms with van der Waals surface area (Å²) < 4.78 is 161. The van der Waals surface area contributed by atoms with Crippen LogP contribution in [-0.2, 0) is 70.1 Å². The number of aromatic amines is 3. The molecule has 6 heterocycles. The number of carbonyl (C=O) groups excluding carboxylic acids is 3. The highest BCUT2D eigenvalue weighted by molar-refractivity contribution is 7.71. The molecule has 0 amide bonds. The average molecular weight is 1630 g/mol. The molecule has 4 unspecified atom stereocenters. The number of hydrogen-bond acceptors (Lipinski definition) is 30. The predicted octanol–water partition coefficient (Wildman–Crippen LogP) is 8.13. The fourth-order valence-electron chi connectivity index (χ4n) is 10.2. The lowest BCUT2D eigenvalue weighted by Gasteiger charge is -2.24. The van der Waals surface area contributed by atoms with E-state index in [2.05, 4.69) is 15.0 Å². The second-order valence-corrected chi connectivity index (χ2v) is 33.1. The van der Waals surface area contributed by atoms with Gasteiger partial charge < -0.3 is 72.6 Å². The van der Waals surface area contributed by atoms with Crippen LogP contribution in [0.1, 0.15) is 106 Å². The van der Waals surface area contributed by atoms with Crippen molar-refractivity contribution in [1.29, 1.82) is 0 Å². The van der Waals surface area contributed by atoms with Gasteiger partial charge in [-0.3, -0.25) is 71.0 Å². The van der Waals surface area contributed by atoms with Crippen LogP contribution >= 0.6 is 59.4 Å².